The second-order valence-electron chi connectivity index (χ2n) is 3.24. The van der Waals surface area contributed by atoms with Crippen molar-refractivity contribution in [1.29, 1.82) is 0 Å². The normalized spacial score (nSPS) is 10.3. The van der Waals surface area contributed by atoms with E-state index in [0.29, 0.717) is 19.5 Å². The highest BCUT2D eigenvalue weighted by molar-refractivity contribution is 7.09. The molecule has 2 N–H and O–H groups in total. The van der Waals surface area contributed by atoms with E-state index in [1.165, 1.54) is 0 Å². The van der Waals surface area contributed by atoms with Crippen molar-refractivity contribution in [2.24, 2.45) is 0 Å². The van der Waals surface area contributed by atoms with Gasteiger partial charge in [0, 0.05) is 31.4 Å². The van der Waals surface area contributed by atoms with Gasteiger partial charge in [0.1, 0.15) is 0 Å². The molecule has 1 heterocycles. The summed E-state index contributed by atoms with van der Waals surface area (Å²) in [5.41, 5.74) is 1.05. The highest BCUT2D eigenvalue weighted by atomic mass is 32.1. The van der Waals surface area contributed by atoms with Gasteiger partial charge >= 0.3 is 0 Å². The van der Waals surface area contributed by atoms with E-state index in [9.17, 15) is 4.79 Å². The number of carbonyl (C=O) groups excluding carboxylic acids is 1. The van der Waals surface area contributed by atoms with E-state index in [0.717, 1.165) is 17.2 Å². The Labute approximate surface area is 94.1 Å². The fourth-order valence-corrected chi connectivity index (χ4v) is 1.81. The molecular formula is C10H17N3OS. The van der Waals surface area contributed by atoms with Crippen molar-refractivity contribution in [3.05, 3.63) is 16.1 Å². The van der Waals surface area contributed by atoms with Gasteiger partial charge in [0.15, 0.2) is 0 Å². The number of amides is 1. The van der Waals surface area contributed by atoms with Crippen LogP contribution in [0.5, 0.6) is 0 Å². The Morgan fingerprint density at radius 1 is 1.60 bits per heavy atom. The Balaban J connectivity index is 2.09. The lowest BCUT2D eigenvalue weighted by Gasteiger charge is -2.02. The van der Waals surface area contributed by atoms with Gasteiger partial charge < -0.3 is 10.6 Å². The van der Waals surface area contributed by atoms with Crippen LogP contribution in [-0.2, 0) is 11.3 Å². The van der Waals surface area contributed by atoms with Gasteiger partial charge in [-0.1, -0.05) is 0 Å². The number of aryl methyl sites for hydroxylation is 1. The number of thiazole rings is 1. The van der Waals surface area contributed by atoms with Crippen LogP contribution in [0, 0.1) is 6.92 Å². The Morgan fingerprint density at radius 2 is 2.40 bits per heavy atom. The SMILES string of the molecule is CCNC(=O)CCNCc1csc(C)n1. The summed E-state index contributed by atoms with van der Waals surface area (Å²) in [6.07, 6.45) is 0.525. The van der Waals surface area contributed by atoms with E-state index in [-0.39, 0.29) is 5.91 Å². The fourth-order valence-electron chi connectivity index (χ4n) is 1.19. The molecule has 1 aromatic heterocycles. The molecule has 0 aliphatic heterocycles. The summed E-state index contributed by atoms with van der Waals surface area (Å²) in [7, 11) is 0. The smallest absolute Gasteiger partial charge is 0.221 e. The molecule has 0 aromatic carbocycles. The molecule has 0 fully saturated rings. The lowest BCUT2D eigenvalue weighted by atomic mass is 10.4. The van der Waals surface area contributed by atoms with E-state index in [1.54, 1.807) is 11.3 Å². The minimum atomic E-state index is 0.0967. The van der Waals surface area contributed by atoms with E-state index >= 15 is 0 Å². The summed E-state index contributed by atoms with van der Waals surface area (Å²) in [6, 6.07) is 0. The van der Waals surface area contributed by atoms with Crippen LogP contribution >= 0.6 is 11.3 Å². The number of nitrogens with one attached hydrogen (secondary N) is 2. The number of hydrogen-bond donors (Lipinski definition) is 2. The maximum Gasteiger partial charge on any atom is 0.221 e. The first-order chi connectivity index (χ1) is 7.22. The molecule has 1 rings (SSSR count). The zero-order valence-corrected chi connectivity index (χ0v) is 9.99. The topological polar surface area (TPSA) is 54.0 Å². The van der Waals surface area contributed by atoms with Gasteiger partial charge in [-0.15, -0.1) is 11.3 Å². The molecule has 0 saturated carbocycles. The van der Waals surface area contributed by atoms with E-state index in [2.05, 4.69) is 15.6 Å². The zero-order chi connectivity index (χ0) is 11.1. The van der Waals surface area contributed by atoms with Crippen molar-refractivity contribution in [2.45, 2.75) is 26.8 Å². The third kappa shape index (κ3) is 4.90. The summed E-state index contributed by atoms with van der Waals surface area (Å²) >= 11 is 1.65. The summed E-state index contributed by atoms with van der Waals surface area (Å²) < 4.78 is 0. The van der Waals surface area contributed by atoms with Crippen LogP contribution in [0.1, 0.15) is 24.0 Å². The first kappa shape index (κ1) is 12.1. The van der Waals surface area contributed by atoms with Crippen molar-refractivity contribution < 1.29 is 4.79 Å². The second kappa shape index (κ2) is 6.53. The third-order valence-corrected chi connectivity index (χ3v) is 2.70. The number of carbonyl (C=O) groups is 1. The minimum absolute atomic E-state index is 0.0967. The summed E-state index contributed by atoms with van der Waals surface area (Å²) in [5, 5.41) is 9.06. The van der Waals surface area contributed by atoms with E-state index < -0.39 is 0 Å². The van der Waals surface area contributed by atoms with Crippen LogP contribution in [0.15, 0.2) is 5.38 Å². The van der Waals surface area contributed by atoms with Gasteiger partial charge in [-0.3, -0.25) is 4.79 Å². The van der Waals surface area contributed by atoms with Gasteiger partial charge in [0.2, 0.25) is 5.91 Å². The number of nitrogens with zero attached hydrogens (tertiary/aromatic N) is 1. The average molecular weight is 227 g/mol. The minimum Gasteiger partial charge on any atom is -0.356 e. The van der Waals surface area contributed by atoms with Gasteiger partial charge in [0.05, 0.1) is 10.7 Å². The van der Waals surface area contributed by atoms with Gasteiger partial charge in [-0.05, 0) is 13.8 Å². The van der Waals surface area contributed by atoms with Gasteiger partial charge in [-0.25, -0.2) is 4.98 Å². The molecule has 1 amide bonds. The highest BCUT2D eigenvalue weighted by Crippen LogP contribution is 2.06. The molecule has 0 atom stereocenters. The molecule has 0 bridgehead atoms. The molecule has 4 nitrogen and oxygen atoms in total. The Hall–Kier alpha value is -0.940. The molecule has 5 heteroatoms. The molecular weight excluding hydrogens is 210 g/mol. The molecule has 15 heavy (non-hydrogen) atoms. The summed E-state index contributed by atoms with van der Waals surface area (Å²) in [4.78, 5) is 15.4. The predicted octanol–water partition coefficient (Wildman–Crippen LogP) is 1.07. The predicted molar refractivity (Wildman–Crippen MR) is 61.9 cm³/mol. The van der Waals surface area contributed by atoms with E-state index in [1.807, 2.05) is 19.2 Å². The highest BCUT2D eigenvalue weighted by Gasteiger charge is 2.00. The average Bonchev–Trinajstić information content (AvgIpc) is 2.60. The quantitative estimate of drug-likeness (QED) is 0.715. The Bertz CT molecular complexity index is 311. The van der Waals surface area contributed by atoms with Crippen molar-refractivity contribution >= 4 is 17.2 Å². The Kier molecular flexibility index (Phi) is 5.28. The molecule has 0 unspecified atom stereocenters. The van der Waals surface area contributed by atoms with E-state index in [4.69, 9.17) is 0 Å². The second-order valence-corrected chi connectivity index (χ2v) is 4.30. The molecule has 0 radical (unpaired) electrons. The van der Waals surface area contributed by atoms with Crippen LogP contribution in [0.3, 0.4) is 0 Å². The summed E-state index contributed by atoms with van der Waals surface area (Å²) in [5.74, 6) is 0.0967. The standard InChI is InChI=1S/C10H17N3OS/c1-3-12-10(14)4-5-11-6-9-7-15-8(2)13-9/h7,11H,3-6H2,1-2H3,(H,12,14). The van der Waals surface area contributed by atoms with Gasteiger partial charge in [-0.2, -0.15) is 0 Å². The molecule has 0 aliphatic carbocycles. The molecule has 84 valence electrons. The number of hydrogen-bond acceptors (Lipinski definition) is 4. The van der Waals surface area contributed by atoms with Crippen LogP contribution < -0.4 is 10.6 Å². The largest absolute Gasteiger partial charge is 0.356 e. The lowest BCUT2D eigenvalue weighted by molar-refractivity contribution is -0.120. The lowest BCUT2D eigenvalue weighted by Crippen LogP contribution is -2.27. The first-order valence-electron chi connectivity index (χ1n) is 5.10. The molecule has 0 aliphatic rings. The van der Waals surface area contributed by atoms with Crippen LogP contribution in [0.2, 0.25) is 0 Å². The van der Waals surface area contributed by atoms with Crippen molar-refractivity contribution in [3.63, 3.8) is 0 Å². The van der Waals surface area contributed by atoms with Crippen LogP contribution in [0.25, 0.3) is 0 Å². The van der Waals surface area contributed by atoms with Gasteiger partial charge in [0.25, 0.3) is 0 Å². The molecule has 0 saturated heterocycles. The Morgan fingerprint density at radius 3 is 3.00 bits per heavy atom. The first-order valence-corrected chi connectivity index (χ1v) is 5.98. The number of rotatable bonds is 6. The molecule has 0 spiro atoms. The van der Waals surface area contributed by atoms with Crippen molar-refractivity contribution in [2.75, 3.05) is 13.1 Å². The molecule has 1 aromatic rings. The van der Waals surface area contributed by atoms with Crippen molar-refractivity contribution in [3.8, 4) is 0 Å². The monoisotopic (exact) mass is 227 g/mol. The third-order valence-electron chi connectivity index (χ3n) is 1.88. The maximum absolute atomic E-state index is 11.1. The van der Waals surface area contributed by atoms with Crippen molar-refractivity contribution in [1.82, 2.24) is 15.6 Å². The van der Waals surface area contributed by atoms with Crippen LogP contribution in [-0.4, -0.2) is 24.0 Å². The maximum atomic E-state index is 11.1. The zero-order valence-electron chi connectivity index (χ0n) is 9.17. The number of aromatic nitrogens is 1. The fraction of sp³-hybridized carbons (Fsp3) is 0.600. The summed E-state index contributed by atoms with van der Waals surface area (Å²) in [6.45, 7) is 6.04. The van der Waals surface area contributed by atoms with Crippen LogP contribution in [0.4, 0.5) is 0 Å².